The molecular formula is C35H31F3N4O5S. The van der Waals surface area contributed by atoms with E-state index in [9.17, 15) is 18.7 Å². The molecule has 248 valence electrons. The van der Waals surface area contributed by atoms with Crippen molar-refractivity contribution in [1.82, 2.24) is 14.8 Å². The number of hydrogen-bond acceptors (Lipinski definition) is 9. The number of halogens is 3. The third-order valence-electron chi connectivity index (χ3n) is 7.66. The fourth-order valence-corrected chi connectivity index (χ4v) is 6.56. The third-order valence-corrected chi connectivity index (χ3v) is 9.11. The molecule has 48 heavy (non-hydrogen) atoms. The number of nitriles is 1. The molecule has 5 rings (SSSR count). The molecule has 2 heterocycles. The lowest BCUT2D eigenvalue weighted by molar-refractivity contribution is -0.146. The highest BCUT2D eigenvalue weighted by molar-refractivity contribution is 8.00. The van der Waals surface area contributed by atoms with Crippen molar-refractivity contribution in [2.75, 3.05) is 13.2 Å². The van der Waals surface area contributed by atoms with E-state index in [2.05, 4.69) is 10.1 Å². The minimum absolute atomic E-state index is 0.0711. The summed E-state index contributed by atoms with van der Waals surface area (Å²) in [5.41, 5.74) is -0.840. The first kappa shape index (κ1) is 34.6. The number of aliphatic hydroxyl groups is 1. The molecule has 2 atom stereocenters. The quantitative estimate of drug-likeness (QED) is 0.144. The fraction of sp³-hybridized carbons (Fsp3) is 0.257. The highest BCUT2D eigenvalue weighted by atomic mass is 32.2. The molecule has 13 heteroatoms. The van der Waals surface area contributed by atoms with Crippen LogP contribution in [0.25, 0.3) is 6.08 Å². The highest BCUT2D eigenvalue weighted by Crippen LogP contribution is 2.42. The summed E-state index contributed by atoms with van der Waals surface area (Å²) in [5, 5.41) is 22.0. The number of aliphatic hydroxyl groups excluding tert-OH is 1. The molecular weight excluding hydrogens is 645 g/mol. The van der Waals surface area contributed by atoms with Gasteiger partial charge in [-0.3, -0.25) is 0 Å². The SMILES string of the molecule is C[C@@H](S[C@H]1CO[C@H](/C=C/C=C/c2ccc(C#N)cc2F)OC1)[C@@](Cn1cncn1)(OC(=O)c1ccccc1CO)c1ccc(F)cc1F. The monoisotopic (exact) mass is 676 g/mol. The summed E-state index contributed by atoms with van der Waals surface area (Å²) in [7, 11) is 0. The standard InChI is InChI=1S/C35H31F3N4O5S/c1-23(48-28-18-45-33(46-19-28)9-5-3-6-25-11-10-24(16-39)14-31(25)37)35(20-42-22-40-21-41-42,30-13-12-27(36)15-32(30)38)47-34(44)29-8-4-2-7-26(29)17-43/h2-15,21-23,28,33,43H,17-20H2,1H3/b6-3+,9-5+/t23-,28-,33-,35-/m1/s1. The Labute approximate surface area is 279 Å². The number of hydrogen-bond donors (Lipinski definition) is 1. The van der Waals surface area contributed by atoms with Gasteiger partial charge in [-0.05, 0) is 48.9 Å². The van der Waals surface area contributed by atoms with Crippen molar-refractivity contribution in [2.45, 2.75) is 42.5 Å². The van der Waals surface area contributed by atoms with Gasteiger partial charge in [0.2, 0.25) is 0 Å². The molecule has 1 aromatic heterocycles. The molecule has 0 spiro atoms. The predicted molar refractivity (Wildman–Crippen MR) is 172 cm³/mol. The maximum atomic E-state index is 15.7. The number of thioether (sulfide) groups is 1. The van der Waals surface area contributed by atoms with Gasteiger partial charge in [-0.25, -0.2) is 27.6 Å². The predicted octanol–water partition coefficient (Wildman–Crippen LogP) is 5.94. The number of benzene rings is 3. The van der Waals surface area contributed by atoms with Gasteiger partial charge in [0.15, 0.2) is 11.9 Å². The Hall–Kier alpha value is -4.74. The summed E-state index contributed by atoms with van der Waals surface area (Å²) in [6.45, 7) is 1.62. The van der Waals surface area contributed by atoms with E-state index >= 15 is 4.39 Å². The molecule has 1 saturated heterocycles. The van der Waals surface area contributed by atoms with Gasteiger partial charge in [0.05, 0.1) is 48.8 Å². The van der Waals surface area contributed by atoms with E-state index in [1.807, 2.05) is 6.07 Å². The van der Waals surface area contributed by atoms with Crippen molar-refractivity contribution in [2.24, 2.45) is 0 Å². The van der Waals surface area contributed by atoms with Crippen molar-refractivity contribution in [3.8, 4) is 6.07 Å². The second-order valence-corrected chi connectivity index (χ2v) is 12.5. The van der Waals surface area contributed by atoms with Crippen LogP contribution in [-0.4, -0.2) is 55.8 Å². The van der Waals surface area contributed by atoms with Crippen molar-refractivity contribution in [3.05, 3.63) is 137 Å². The molecule has 0 radical (unpaired) electrons. The molecule has 1 aliphatic heterocycles. The summed E-state index contributed by atoms with van der Waals surface area (Å²) in [6.07, 6.45) is 8.50. The van der Waals surface area contributed by atoms with Gasteiger partial charge in [-0.2, -0.15) is 10.4 Å². The van der Waals surface area contributed by atoms with Crippen LogP contribution >= 0.6 is 11.8 Å². The van der Waals surface area contributed by atoms with Crippen molar-refractivity contribution < 1.29 is 37.3 Å². The second kappa shape index (κ2) is 15.9. The van der Waals surface area contributed by atoms with Gasteiger partial charge in [0, 0.05) is 22.4 Å². The third kappa shape index (κ3) is 8.21. The zero-order chi connectivity index (χ0) is 34.1. The second-order valence-electron chi connectivity index (χ2n) is 10.8. The first-order valence-electron chi connectivity index (χ1n) is 14.9. The van der Waals surface area contributed by atoms with Gasteiger partial charge in [-0.15, -0.1) is 11.8 Å². The number of ether oxygens (including phenoxy) is 3. The van der Waals surface area contributed by atoms with Crippen LogP contribution in [-0.2, 0) is 33.0 Å². The lowest BCUT2D eigenvalue weighted by atomic mass is 9.89. The highest BCUT2D eigenvalue weighted by Gasteiger charge is 2.47. The molecule has 0 aliphatic carbocycles. The van der Waals surface area contributed by atoms with Crippen LogP contribution in [0.4, 0.5) is 13.2 Å². The summed E-state index contributed by atoms with van der Waals surface area (Å²) in [6, 6.07) is 15.5. The minimum Gasteiger partial charge on any atom is -0.447 e. The van der Waals surface area contributed by atoms with Crippen molar-refractivity contribution >= 4 is 23.8 Å². The number of carbonyl (C=O) groups is 1. The molecule has 0 bridgehead atoms. The summed E-state index contributed by atoms with van der Waals surface area (Å²) >= 11 is 1.34. The maximum Gasteiger partial charge on any atom is 0.339 e. The molecule has 4 aromatic rings. The zero-order valence-electron chi connectivity index (χ0n) is 25.7. The summed E-state index contributed by atoms with van der Waals surface area (Å²) in [5.74, 6) is -3.04. The van der Waals surface area contributed by atoms with Gasteiger partial charge in [-0.1, -0.05) is 42.5 Å². The van der Waals surface area contributed by atoms with Crippen LogP contribution in [0.3, 0.4) is 0 Å². The molecule has 0 unspecified atom stereocenters. The largest absolute Gasteiger partial charge is 0.447 e. The minimum atomic E-state index is -1.74. The van der Waals surface area contributed by atoms with Crippen LogP contribution in [0, 0.1) is 28.8 Å². The molecule has 1 fully saturated rings. The molecule has 0 amide bonds. The summed E-state index contributed by atoms with van der Waals surface area (Å²) in [4.78, 5) is 17.7. The van der Waals surface area contributed by atoms with Crippen LogP contribution in [0.2, 0.25) is 0 Å². The number of rotatable bonds is 12. The fourth-order valence-electron chi connectivity index (χ4n) is 5.20. The lowest BCUT2D eigenvalue weighted by Gasteiger charge is -2.40. The lowest BCUT2D eigenvalue weighted by Crippen LogP contribution is -2.47. The first-order valence-corrected chi connectivity index (χ1v) is 15.8. The first-order chi connectivity index (χ1) is 23.2. The number of allylic oxidation sites excluding steroid dienone is 2. The Morgan fingerprint density at radius 2 is 1.94 bits per heavy atom. The van der Waals surface area contributed by atoms with Crippen LogP contribution in [0.15, 0.2) is 91.5 Å². The van der Waals surface area contributed by atoms with E-state index in [4.69, 9.17) is 19.5 Å². The van der Waals surface area contributed by atoms with E-state index in [-0.39, 0.29) is 41.7 Å². The Bertz CT molecular complexity index is 1820. The number of nitrogens with zero attached hydrogens (tertiary/aromatic N) is 4. The molecule has 1 N–H and O–H groups in total. The number of carbonyl (C=O) groups excluding carboxylic acids is 1. The zero-order valence-corrected chi connectivity index (χ0v) is 26.5. The van der Waals surface area contributed by atoms with Crippen molar-refractivity contribution in [3.63, 3.8) is 0 Å². The Morgan fingerprint density at radius 1 is 1.15 bits per heavy atom. The van der Waals surface area contributed by atoms with E-state index in [1.165, 1.54) is 53.4 Å². The maximum absolute atomic E-state index is 15.7. The average Bonchev–Trinajstić information content (AvgIpc) is 3.60. The van der Waals surface area contributed by atoms with E-state index < -0.39 is 47.2 Å². The van der Waals surface area contributed by atoms with Gasteiger partial charge >= 0.3 is 5.97 Å². The molecule has 9 nitrogen and oxygen atoms in total. The number of esters is 1. The molecule has 1 aliphatic rings. The Kier molecular flexibility index (Phi) is 11.5. The van der Waals surface area contributed by atoms with Crippen molar-refractivity contribution in [1.29, 1.82) is 5.26 Å². The molecule has 0 saturated carbocycles. The Morgan fingerprint density at radius 3 is 2.62 bits per heavy atom. The van der Waals surface area contributed by atoms with Gasteiger partial charge in [0.1, 0.15) is 30.1 Å². The van der Waals surface area contributed by atoms with Crippen LogP contribution in [0.1, 0.15) is 39.5 Å². The topological polar surface area (TPSA) is 119 Å². The van der Waals surface area contributed by atoms with E-state index in [0.29, 0.717) is 11.1 Å². The van der Waals surface area contributed by atoms with Crippen LogP contribution < -0.4 is 0 Å². The number of aromatic nitrogens is 3. The Balaban J connectivity index is 1.35. The van der Waals surface area contributed by atoms with E-state index in [1.54, 1.807) is 49.4 Å². The van der Waals surface area contributed by atoms with E-state index in [0.717, 1.165) is 18.2 Å². The summed E-state index contributed by atoms with van der Waals surface area (Å²) < 4.78 is 63.3. The normalized spacial score (nSPS) is 18.4. The molecule has 3 aromatic carbocycles. The van der Waals surface area contributed by atoms with Gasteiger partial charge < -0.3 is 19.3 Å². The van der Waals surface area contributed by atoms with Gasteiger partial charge in [0.25, 0.3) is 0 Å². The van der Waals surface area contributed by atoms with Crippen LogP contribution in [0.5, 0.6) is 0 Å². The smallest absolute Gasteiger partial charge is 0.339 e. The average molecular weight is 677 g/mol.